The molecule has 0 spiro atoms. The fourth-order valence-corrected chi connectivity index (χ4v) is 5.04. The summed E-state index contributed by atoms with van der Waals surface area (Å²) in [6.07, 6.45) is 4.39. The maximum absolute atomic E-state index is 12.6. The van der Waals surface area contributed by atoms with Gasteiger partial charge in [0.2, 0.25) is 5.91 Å². The lowest BCUT2D eigenvalue weighted by Gasteiger charge is -2.12. The number of anilines is 1. The van der Waals surface area contributed by atoms with E-state index >= 15 is 0 Å². The zero-order chi connectivity index (χ0) is 23.3. The number of aliphatic imine (C=N–C) groups is 1. The second kappa shape index (κ2) is 10.4. The number of hydrogen-bond acceptors (Lipinski definition) is 6. The summed E-state index contributed by atoms with van der Waals surface area (Å²) in [6.45, 7) is 1.69. The molecule has 33 heavy (non-hydrogen) atoms. The van der Waals surface area contributed by atoms with E-state index in [1.807, 2.05) is 0 Å². The minimum Gasteiger partial charge on any atom is -0.489 e. The van der Waals surface area contributed by atoms with E-state index in [1.165, 1.54) is 12.1 Å². The number of hydrogen-bond donors (Lipinski definition) is 2. The van der Waals surface area contributed by atoms with Gasteiger partial charge < -0.3 is 14.8 Å². The Morgan fingerprint density at radius 2 is 1.82 bits per heavy atom. The second-order valence-corrected chi connectivity index (χ2v) is 10.0. The van der Waals surface area contributed by atoms with Gasteiger partial charge in [0.25, 0.3) is 10.0 Å². The predicted octanol–water partition coefficient (Wildman–Crippen LogP) is 3.93. The first-order valence-corrected chi connectivity index (χ1v) is 12.8. The van der Waals surface area contributed by atoms with Gasteiger partial charge in [0.05, 0.1) is 29.6 Å². The maximum Gasteiger partial charge on any atom is 0.262 e. The van der Waals surface area contributed by atoms with Crippen LogP contribution in [0.15, 0.2) is 46.3 Å². The van der Waals surface area contributed by atoms with Crippen LogP contribution in [0.5, 0.6) is 11.5 Å². The van der Waals surface area contributed by atoms with Crippen LogP contribution < -0.4 is 19.5 Å². The lowest BCUT2D eigenvalue weighted by Crippen LogP contribution is -2.30. The molecule has 10 heteroatoms. The van der Waals surface area contributed by atoms with Gasteiger partial charge in [0.1, 0.15) is 5.84 Å². The molecule has 2 aliphatic heterocycles. The van der Waals surface area contributed by atoms with Crippen molar-refractivity contribution in [3.05, 3.63) is 47.0 Å². The number of nitrogens with zero attached hydrogens (tertiary/aromatic N) is 1. The van der Waals surface area contributed by atoms with Gasteiger partial charge in [-0.05, 0) is 54.8 Å². The first kappa shape index (κ1) is 23.4. The molecule has 2 aliphatic rings. The molecule has 2 aromatic carbocycles. The summed E-state index contributed by atoms with van der Waals surface area (Å²) >= 11 is 6.29. The molecule has 0 radical (unpaired) electrons. The van der Waals surface area contributed by atoms with Crippen LogP contribution in [-0.2, 0) is 21.2 Å². The quantitative estimate of drug-likeness (QED) is 0.659. The van der Waals surface area contributed by atoms with Crippen molar-refractivity contribution in [2.75, 3.05) is 25.1 Å². The summed E-state index contributed by atoms with van der Waals surface area (Å²) in [5.41, 5.74) is 1.18. The van der Waals surface area contributed by atoms with Gasteiger partial charge in [0.15, 0.2) is 11.5 Å². The van der Waals surface area contributed by atoms with E-state index in [-0.39, 0.29) is 17.2 Å². The van der Waals surface area contributed by atoms with Gasteiger partial charge >= 0.3 is 0 Å². The molecule has 0 atom stereocenters. The summed E-state index contributed by atoms with van der Waals surface area (Å²) in [5, 5.41) is 3.18. The molecular weight excluding hydrogens is 466 g/mol. The average molecular weight is 492 g/mol. The molecule has 0 aliphatic carbocycles. The number of halogens is 1. The molecule has 2 heterocycles. The number of nitrogens with one attached hydrogen (secondary N) is 2. The Kier molecular flexibility index (Phi) is 7.39. The molecule has 0 bridgehead atoms. The number of ether oxygens (including phenoxy) is 2. The van der Waals surface area contributed by atoms with Crippen molar-refractivity contribution in [3.63, 3.8) is 0 Å². The van der Waals surface area contributed by atoms with Gasteiger partial charge in [-0.15, -0.1) is 0 Å². The third-order valence-electron chi connectivity index (χ3n) is 5.30. The van der Waals surface area contributed by atoms with Crippen LogP contribution in [0.3, 0.4) is 0 Å². The molecule has 0 saturated carbocycles. The zero-order valence-corrected chi connectivity index (χ0v) is 19.7. The molecule has 1 amide bonds. The number of benzene rings is 2. The van der Waals surface area contributed by atoms with Crippen molar-refractivity contribution >= 4 is 39.1 Å². The van der Waals surface area contributed by atoms with Gasteiger partial charge in [0, 0.05) is 25.1 Å². The summed E-state index contributed by atoms with van der Waals surface area (Å²) in [6, 6.07) is 9.47. The van der Waals surface area contributed by atoms with Crippen LogP contribution >= 0.6 is 11.6 Å². The molecule has 2 aromatic rings. The van der Waals surface area contributed by atoms with Crippen molar-refractivity contribution < 1.29 is 22.7 Å². The van der Waals surface area contributed by atoms with Crippen LogP contribution in [0.1, 0.15) is 37.7 Å². The molecule has 176 valence electrons. The highest BCUT2D eigenvalue weighted by molar-refractivity contribution is 7.90. The lowest BCUT2D eigenvalue weighted by atomic mass is 10.1. The monoisotopic (exact) mass is 491 g/mol. The summed E-state index contributed by atoms with van der Waals surface area (Å²) in [5.74, 6) is 1.27. The van der Waals surface area contributed by atoms with Crippen molar-refractivity contribution in [1.82, 2.24) is 4.72 Å². The zero-order valence-electron chi connectivity index (χ0n) is 18.1. The molecule has 2 N–H and O–H groups in total. The first-order valence-electron chi connectivity index (χ1n) is 10.9. The van der Waals surface area contributed by atoms with Gasteiger partial charge in [-0.25, -0.2) is 8.42 Å². The molecule has 0 unspecified atom stereocenters. The van der Waals surface area contributed by atoms with Gasteiger partial charge in [-0.1, -0.05) is 18.0 Å². The smallest absolute Gasteiger partial charge is 0.262 e. The number of amides is 1. The Morgan fingerprint density at radius 3 is 2.64 bits per heavy atom. The van der Waals surface area contributed by atoms with Crippen LogP contribution in [0, 0.1) is 0 Å². The number of carbonyl (C=O) groups excluding carboxylic acids is 1. The second-order valence-electron chi connectivity index (χ2n) is 7.95. The van der Waals surface area contributed by atoms with Crippen LogP contribution in [-0.4, -0.2) is 39.9 Å². The van der Waals surface area contributed by atoms with Crippen molar-refractivity contribution in [2.24, 2.45) is 4.99 Å². The largest absolute Gasteiger partial charge is 0.489 e. The minimum atomic E-state index is -3.72. The highest BCUT2D eigenvalue weighted by Crippen LogP contribution is 2.38. The minimum absolute atomic E-state index is 0.0811. The summed E-state index contributed by atoms with van der Waals surface area (Å²) in [4.78, 5) is 17.0. The Balaban J connectivity index is 1.39. The fraction of sp³-hybridized carbons (Fsp3) is 0.391. The SMILES string of the molecule is O=C(Cc1cc(Cl)c2c(c1)OCCCO2)Nc1ccc(S(=O)(=O)NC2=NCCCCC2)cc1. The normalized spacial score (nSPS) is 16.2. The van der Waals surface area contributed by atoms with E-state index in [4.69, 9.17) is 21.1 Å². The van der Waals surface area contributed by atoms with Crippen LogP contribution in [0.4, 0.5) is 5.69 Å². The Bertz CT molecular complexity index is 1150. The summed E-state index contributed by atoms with van der Waals surface area (Å²) < 4.78 is 39.1. The predicted molar refractivity (Wildman–Crippen MR) is 127 cm³/mol. The lowest BCUT2D eigenvalue weighted by molar-refractivity contribution is -0.115. The fourth-order valence-electron chi connectivity index (χ4n) is 3.67. The van der Waals surface area contributed by atoms with Gasteiger partial charge in [-0.2, -0.15) is 0 Å². The highest BCUT2D eigenvalue weighted by Gasteiger charge is 2.19. The van der Waals surface area contributed by atoms with Crippen LogP contribution in [0.2, 0.25) is 5.02 Å². The summed E-state index contributed by atoms with van der Waals surface area (Å²) in [7, 11) is -3.72. The molecule has 8 nitrogen and oxygen atoms in total. The van der Waals surface area contributed by atoms with Crippen LogP contribution in [0.25, 0.3) is 0 Å². The van der Waals surface area contributed by atoms with E-state index in [2.05, 4.69) is 15.0 Å². The third-order valence-corrected chi connectivity index (χ3v) is 6.98. The molecule has 4 rings (SSSR count). The van der Waals surface area contributed by atoms with Crippen molar-refractivity contribution in [1.29, 1.82) is 0 Å². The number of sulfonamides is 1. The average Bonchev–Trinajstić information content (AvgIpc) is 3.17. The number of amidine groups is 1. The molecular formula is C23H26ClN3O5S. The number of carbonyl (C=O) groups is 1. The maximum atomic E-state index is 12.6. The Labute approximate surface area is 198 Å². The molecule has 0 saturated heterocycles. The highest BCUT2D eigenvalue weighted by atomic mass is 35.5. The standard InChI is InChI=1S/C23H26ClN3O5S/c24-19-13-16(14-20-23(19)32-12-4-11-31-20)15-22(28)26-17-6-8-18(9-7-17)33(29,30)27-21-5-2-1-3-10-25-21/h6-9,13-14H,1-5,10-12,15H2,(H,25,27)(H,26,28). The molecule has 0 aromatic heterocycles. The van der Waals surface area contributed by atoms with E-state index in [0.29, 0.717) is 59.8 Å². The van der Waals surface area contributed by atoms with E-state index in [9.17, 15) is 13.2 Å². The number of fused-ring (bicyclic) bond motifs is 1. The van der Waals surface area contributed by atoms with E-state index < -0.39 is 10.0 Å². The van der Waals surface area contributed by atoms with E-state index in [0.717, 1.165) is 25.7 Å². The number of rotatable bonds is 5. The van der Waals surface area contributed by atoms with E-state index in [1.54, 1.807) is 24.3 Å². The van der Waals surface area contributed by atoms with Crippen molar-refractivity contribution in [3.8, 4) is 11.5 Å². The first-order chi connectivity index (χ1) is 15.9. The van der Waals surface area contributed by atoms with Gasteiger partial charge in [-0.3, -0.25) is 14.5 Å². The third kappa shape index (κ3) is 6.17. The van der Waals surface area contributed by atoms with Crippen molar-refractivity contribution in [2.45, 2.75) is 43.4 Å². The Hall–Kier alpha value is -2.78. The Morgan fingerprint density at radius 1 is 1.03 bits per heavy atom. The topological polar surface area (TPSA) is 106 Å². The molecule has 0 fully saturated rings.